The maximum atomic E-state index is 14.9. The third kappa shape index (κ3) is 5.58. The Kier molecular flexibility index (Phi) is 6.61. The number of amides is 3. The third-order valence-electron chi connectivity index (χ3n) is 5.90. The van der Waals surface area contributed by atoms with Gasteiger partial charge in [0.2, 0.25) is 17.6 Å². The average Bonchev–Trinajstić information content (AvgIpc) is 3.15. The first-order valence-corrected chi connectivity index (χ1v) is 11.2. The van der Waals surface area contributed by atoms with Gasteiger partial charge >= 0.3 is 12.3 Å². The number of ether oxygens (including phenoxy) is 1. The van der Waals surface area contributed by atoms with E-state index in [-0.39, 0.29) is 36.4 Å². The number of carbonyl (C=O) groups excluding carboxylic acids is 4. The standard InChI is InChI=1S/C24H18ClF5N2O5/c25-14-3-5-16(18(10-14)37-24(28,29)30)23(26,27)19(33)7-2-12-1-4-15-13(9-12)11-32(22(15)36)17-6-8-20(34)31-21(17)35/h1,3-5,9-10,17H,2,6-8,11H2,(H,31,34,35)/t17-/m1/s1/i17D. The largest absolute Gasteiger partial charge is 0.573 e. The first kappa shape index (κ1) is 25.1. The average molecular weight is 546 g/mol. The van der Waals surface area contributed by atoms with Crippen molar-refractivity contribution in [3.63, 3.8) is 0 Å². The number of ketones is 1. The van der Waals surface area contributed by atoms with Crippen LogP contribution in [0.1, 0.15) is 47.7 Å². The van der Waals surface area contributed by atoms with Gasteiger partial charge in [-0.3, -0.25) is 24.5 Å². The van der Waals surface area contributed by atoms with Crippen LogP contribution in [-0.4, -0.2) is 40.8 Å². The van der Waals surface area contributed by atoms with Crippen molar-refractivity contribution in [2.75, 3.05) is 0 Å². The number of rotatable bonds is 7. The summed E-state index contributed by atoms with van der Waals surface area (Å²) >= 11 is 5.60. The number of alkyl halides is 5. The van der Waals surface area contributed by atoms with Gasteiger partial charge in [-0.25, -0.2) is 0 Å². The molecule has 0 bridgehead atoms. The summed E-state index contributed by atoms with van der Waals surface area (Å²) in [7, 11) is 0. The molecule has 0 radical (unpaired) electrons. The Labute approximate surface area is 212 Å². The molecule has 2 aliphatic heterocycles. The molecule has 196 valence electrons. The molecule has 0 aromatic heterocycles. The van der Waals surface area contributed by atoms with Gasteiger partial charge in [0.25, 0.3) is 5.91 Å². The minimum absolute atomic E-state index is 0.125. The SMILES string of the molecule is [2H][C@@]1(N2Cc3cc(CCC(=O)C(F)(F)c4ccc(Cl)cc4OC(F)(F)F)ccc3C2=O)CCC(=O)NC1=O. The van der Waals surface area contributed by atoms with Gasteiger partial charge in [0.05, 0.1) is 6.93 Å². The number of imide groups is 1. The molecule has 2 heterocycles. The van der Waals surface area contributed by atoms with Crippen LogP contribution in [0.5, 0.6) is 5.75 Å². The molecular weight excluding hydrogens is 527 g/mol. The summed E-state index contributed by atoms with van der Waals surface area (Å²) in [5, 5.41) is 1.74. The summed E-state index contributed by atoms with van der Waals surface area (Å²) < 4.78 is 79.9. The van der Waals surface area contributed by atoms with Gasteiger partial charge in [0.1, 0.15) is 11.8 Å². The lowest BCUT2D eigenvalue weighted by Gasteiger charge is -2.29. The monoisotopic (exact) mass is 545 g/mol. The molecule has 0 unspecified atom stereocenters. The second-order valence-corrected chi connectivity index (χ2v) is 8.83. The predicted molar refractivity (Wildman–Crippen MR) is 118 cm³/mol. The van der Waals surface area contributed by atoms with Gasteiger partial charge < -0.3 is 9.64 Å². The molecule has 3 amide bonds. The number of benzene rings is 2. The zero-order valence-electron chi connectivity index (χ0n) is 19.8. The molecule has 2 aromatic carbocycles. The van der Waals surface area contributed by atoms with E-state index in [1.165, 1.54) is 18.2 Å². The van der Waals surface area contributed by atoms with Gasteiger partial charge in [-0.05, 0) is 48.2 Å². The molecular formula is C24H18ClF5N2O5. The summed E-state index contributed by atoms with van der Waals surface area (Å²) in [6.07, 6.45) is -6.61. The van der Waals surface area contributed by atoms with Gasteiger partial charge in [-0.2, -0.15) is 8.78 Å². The van der Waals surface area contributed by atoms with Crippen LogP contribution in [-0.2, 0) is 33.3 Å². The molecule has 1 atom stereocenters. The van der Waals surface area contributed by atoms with Crippen molar-refractivity contribution >= 4 is 35.1 Å². The van der Waals surface area contributed by atoms with Crippen molar-refractivity contribution < 1.29 is 47.2 Å². The molecule has 7 nitrogen and oxygen atoms in total. The summed E-state index contributed by atoms with van der Waals surface area (Å²) in [5.41, 5.74) is -0.351. The summed E-state index contributed by atoms with van der Waals surface area (Å²) in [6.45, 7) is -0.153. The molecule has 1 saturated heterocycles. The van der Waals surface area contributed by atoms with Crippen LogP contribution in [0.2, 0.25) is 5.02 Å². The van der Waals surface area contributed by atoms with Crippen molar-refractivity contribution in [2.45, 2.75) is 50.5 Å². The van der Waals surface area contributed by atoms with E-state index in [9.17, 15) is 41.1 Å². The second-order valence-electron chi connectivity index (χ2n) is 8.39. The lowest BCUT2D eigenvalue weighted by atomic mass is 9.97. The number of Topliss-reactive ketones (excluding diaryl/α,β-unsaturated/α-hetero) is 1. The number of halogens is 6. The summed E-state index contributed by atoms with van der Waals surface area (Å²) in [5.74, 6) is -9.39. The van der Waals surface area contributed by atoms with E-state index in [1.807, 2.05) is 5.32 Å². The van der Waals surface area contributed by atoms with Crippen LogP contribution in [0.4, 0.5) is 22.0 Å². The van der Waals surface area contributed by atoms with Gasteiger partial charge in [0, 0.05) is 30.0 Å². The van der Waals surface area contributed by atoms with E-state index in [2.05, 4.69) is 4.74 Å². The molecule has 1 N–H and O–H groups in total. The Hall–Kier alpha value is -3.54. The number of piperidine rings is 1. The van der Waals surface area contributed by atoms with Gasteiger partial charge in [-0.1, -0.05) is 23.7 Å². The fourth-order valence-corrected chi connectivity index (χ4v) is 4.30. The van der Waals surface area contributed by atoms with E-state index in [0.717, 1.165) is 11.0 Å². The van der Waals surface area contributed by atoms with Crippen LogP contribution in [0, 0.1) is 0 Å². The number of nitrogens with one attached hydrogen (secondary N) is 1. The van der Waals surface area contributed by atoms with Crippen LogP contribution >= 0.6 is 11.6 Å². The number of fused-ring (bicyclic) bond motifs is 1. The van der Waals surface area contributed by atoms with Gasteiger partial charge in [0.15, 0.2) is 0 Å². The van der Waals surface area contributed by atoms with Crippen molar-refractivity contribution in [1.29, 1.82) is 0 Å². The Morgan fingerprint density at radius 3 is 2.54 bits per heavy atom. The molecule has 13 heteroatoms. The van der Waals surface area contributed by atoms with Crippen LogP contribution in [0.3, 0.4) is 0 Å². The quantitative estimate of drug-likeness (QED) is 0.414. The van der Waals surface area contributed by atoms with Crippen molar-refractivity contribution in [2.24, 2.45) is 0 Å². The van der Waals surface area contributed by atoms with E-state index < -0.39 is 59.5 Å². The van der Waals surface area contributed by atoms with Crippen LogP contribution < -0.4 is 10.1 Å². The van der Waals surface area contributed by atoms with Crippen molar-refractivity contribution in [3.05, 3.63) is 63.7 Å². The van der Waals surface area contributed by atoms with E-state index in [1.54, 1.807) is 0 Å². The second kappa shape index (κ2) is 9.73. The van der Waals surface area contributed by atoms with E-state index in [4.69, 9.17) is 13.0 Å². The fraction of sp³-hybridized carbons (Fsp3) is 0.333. The summed E-state index contributed by atoms with van der Waals surface area (Å²) in [6, 6.07) is 4.28. The first-order chi connectivity index (χ1) is 17.6. The van der Waals surface area contributed by atoms with E-state index in [0.29, 0.717) is 23.3 Å². The van der Waals surface area contributed by atoms with Crippen LogP contribution in [0.15, 0.2) is 36.4 Å². The van der Waals surface area contributed by atoms with Gasteiger partial charge in [-0.15, -0.1) is 13.2 Å². The molecule has 0 spiro atoms. The Morgan fingerprint density at radius 1 is 1.14 bits per heavy atom. The first-order valence-electron chi connectivity index (χ1n) is 11.4. The zero-order chi connectivity index (χ0) is 28.0. The lowest BCUT2D eigenvalue weighted by molar-refractivity contribution is -0.275. The topological polar surface area (TPSA) is 92.8 Å². The fourth-order valence-electron chi connectivity index (χ4n) is 4.14. The Bertz CT molecular complexity index is 1350. The highest BCUT2D eigenvalue weighted by Gasteiger charge is 2.45. The highest BCUT2D eigenvalue weighted by molar-refractivity contribution is 6.30. The highest BCUT2D eigenvalue weighted by atomic mass is 35.5. The maximum absolute atomic E-state index is 14.9. The maximum Gasteiger partial charge on any atom is 0.573 e. The Morgan fingerprint density at radius 2 is 1.86 bits per heavy atom. The molecule has 1 fully saturated rings. The number of hydrogen-bond donors (Lipinski definition) is 1. The number of carbonyl (C=O) groups is 4. The number of aryl methyl sites for hydroxylation is 1. The third-order valence-corrected chi connectivity index (χ3v) is 6.14. The number of hydrogen-bond acceptors (Lipinski definition) is 5. The van der Waals surface area contributed by atoms with E-state index >= 15 is 0 Å². The highest BCUT2D eigenvalue weighted by Crippen LogP contribution is 2.40. The molecule has 0 aliphatic carbocycles. The predicted octanol–water partition coefficient (Wildman–Crippen LogP) is 4.29. The van der Waals surface area contributed by atoms with Crippen molar-refractivity contribution in [1.82, 2.24) is 10.2 Å². The molecule has 2 aliphatic rings. The smallest absolute Gasteiger partial charge is 0.405 e. The lowest BCUT2D eigenvalue weighted by Crippen LogP contribution is -2.52. The molecule has 4 rings (SSSR count). The van der Waals surface area contributed by atoms with Crippen molar-refractivity contribution in [3.8, 4) is 5.75 Å². The molecule has 37 heavy (non-hydrogen) atoms. The summed E-state index contributed by atoms with van der Waals surface area (Å²) in [4.78, 5) is 50.0. The molecule has 2 aromatic rings. The Balaban J connectivity index is 1.49. The van der Waals surface area contributed by atoms with Crippen LogP contribution in [0.25, 0.3) is 0 Å². The molecule has 0 saturated carbocycles. The minimum Gasteiger partial charge on any atom is -0.405 e. The normalized spacial score (nSPS) is 20.4. The number of nitrogens with zero attached hydrogens (tertiary/aromatic N) is 1. The zero-order valence-corrected chi connectivity index (χ0v) is 19.5. The minimum atomic E-state index is -5.29.